The SMILES string of the molecule is CN1CCc2cc(C(=O)NCc3cnn(C)c3)ccc21. The monoisotopic (exact) mass is 270 g/mol. The van der Waals surface area contributed by atoms with Crippen LogP contribution in [0.4, 0.5) is 5.69 Å². The third-order valence-corrected chi connectivity index (χ3v) is 3.68. The van der Waals surface area contributed by atoms with Gasteiger partial charge in [0.05, 0.1) is 6.20 Å². The van der Waals surface area contributed by atoms with Crippen molar-refractivity contribution in [2.75, 3.05) is 18.5 Å². The lowest BCUT2D eigenvalue weighted by Crippen LogP contribution is -2.22. The normalized spacial score (nSPS) is 13.4. The first-order valence-electron chi connectivity index (χ1n) is 6.73. The summed E-state index contributed by atoms with van der Waals surface area (Å²) >= 11 is 0. The molecule has 0 spiro atoms. The standard InChI is InChI=1S/C15H18N4O/c1-18-6-5-12-7-13(3-4-14(12)18)15(20)16-8-11-9-17-19(2)10-11/h3-4,7,9-10H,5-6,8H2,1-2H3,(H,16,20). The van der Waals surface area contributed by atoms with Crippen LogP contribution in [0.5, 0.6) is 0 Å². The number of likely N-dealkylation sites (N-methyl/N-ethyl adjacent to an activating group) is 1. The van der Waals surface area contributed by atoms with Crippen LogP contribution in [0.1, 0.15) is 21.5 Å². The summed E-state index contributed by atoms with van der Waals surface area (Å²) in [5, 5.41) is 7.01. The quantitative estimate of drug-likeness (QED) is 0.915. The molecular weight excluding hydrogens is 252 g/mol. The molecule has 0 fully saturated rings. The number of hydrogen-bond donors (Lipinski definition) is 1. The summed E-state index contributed by atoms with van der Waals surface area (Å²) in [6.45, 7) is 1.53. The summed E-state index contributed by atoms with van der Waals surface area (Å²) in [4.78, 5) is 14.4. The maximum absolute atomic E-state index is 12.2. The van der Waals surface area contributed by atoms with Crippen molar-refractivity contribution >= 4 is 11.6 Å². The van der Waals surface area contributed by atoms with Gasteiger partial charge in [-0.1, -0.05) is 0 Å². The Bertz CT molecular complexity index is 647. The summed E-state index contributed by atoms with van der Waals surface area (Å²) in [6, 6.07) is 5.91. The summed E-state index contributed by atoms with van der Waals surface area (Å²) in [7, 11) is 3.94. The average molecular weight is 270 g/mol. The lowest BCUT2D eigenvalue weighted by molar-refractivity contribution is 0.0951. The van der Waals surface area contributed by atoms with Crippen LogP contribution >= 0.6 is 0 Å². The Balaban J connectivity index is 1.68. The Hall–Kier alpha value is -2.30. The van der Waals surface area contributed by atoms with Crippen LogP contribution in [0.25, 0.3) is 0 Å². The fourth-order valence-corrected chi connectivity index (χ4v) is 2.56. The fraction of sp³-hybridized carbons (Fsp3) is 0.333. The van der Waals surface area contributed by atoms with Crippen LogP contribution in [0.15, 0.2) is 30.6 Å². The molecule has 20 heavy (non-hydrogen) atoms. The number of fused-ring (bicyclic) bond motifs is 1. The molecule has 5 heteroatoms. The molecule has 0 aliphatic carbocycles. The van der Waals surface area contributed by atoms with Crippen LogP contribution in [-0.4, -0.2) is 29.3 Å². The van der Waals surface area contributed by atoms with Crippen molar-refractivity contribution in [3.05, 3.63) is 47.3 Å². The molecule has 0 atom stereocenters. The third kappa shape index (κ3) is 2.39. The average Bonchev–Trinajstić information content (AvgIpc) is 3.02. The molecule has 1 amide bonds. The number of aryl methyl sites for hydroxylation is 1. The Morgan fingerprint density at radius 1 is 1.40 bits per heavy atom. The first-order chi connectivity index (χ1) is 9.63. The van der Waals surface area contributed by atoms with Gasteiger partial charge in [0.15, 0.2) is 0 Å². The van der Waals surface area contributed by atoms with Crippen LogP contribution in [0, 0.1) is 0 Å². The molecule has 1 aliphatic heterocycles. The van der Waals surface area contributed by atoms with Crippen LogP contribution < -0.4 is 10.2 Å². The molecule has 104 valence electrons. The molecule has 2 heterocycles. The number of hydrogen-bond acceptors (Lipinski definition) is 3. The Morgan fingerprint density at radius 2 is 2.25 bits per heavy atom. The molecule has 0 unspecified atom stereocenters. The topological polar surface area (TPSA) is 50.2 Å². The lowest BCUT2D eigenvalue weighted by atomic mass is 10.1. The summed E-state index contributed by atoms with van der Waals surface area (Å²) in [5.74, 6) is -0.0359. The number of carbonyl (C=O) groups is 1. The largest absolute Gasteiger partial charge is 0.374 e. The summed E-state index contributed by atoms with van der Waals surface area (Å²) in [6.07, 6.45) is 4.67. The molecule has 1 N–H and O–H groups in total. The predicted molar refractivity (Wildman–Crippen MR) is 77.8 cm³/mol. The summed E-state index contributed by atoms with van der Waals surface area (Å²) in [5.41, 5.74) is 4.21. The minimum atomic E-state index is -0.0359. The molecule has 0 radical (unpaired) electrons. The van der Waals surface area contributed by atoms with E-state index in [1.54, 1.807) is 10.9 Å². The number of carbonyl (C=O) groups excluding carboxylic acids is 1. The van der Waals surface area contributed by atoms with Gasteiger partial charge in [-0.05, 0) is 30.2 Å². The maximum atomic E-state index is 12.2. The van der Waals surface area contributed by atoms with Crippen molar-refractivity contribution in [1.29, 1.82) is 0 Å². The number of amides is 1. The zero-order valence-electron chi connectivity index (χ0n) is 11.8. The highest BCUT2D eigenvalue weighted by Crippen LogP contribution is 2.27. The highest BCUT2D eigenvalue weighted by atomic mass is 16.1. The number of nitrogens with zero attached hydrogens (tertiary/aromatic N) is 3. The lowest BCUT2D eigenvalue weighted by Gasteiger charge is -2.12. The maximum Gasteiger partial charge on any atom is 0.251 e. The van der Waals surface area contributed by atoms with E-state index in [1.165, 1.54) is 11.3 Å². The van der Waals surface area contributed by atoms with Crippen molar-refractivity contribution in [2.45, 2.75) is 13.0 Å². The van der Waals surface area contributed by atoms with Gasteiger partial charge in [-0.25, -0.2) is 0 Å². The van der Waals surface area contributed by atoms with Gasteiger partial charge in [-0.2, -0.15) is 5.10 Å². The molecule has 1 aromatic heterocycles. The molecule has 1 aromatic carbocycles. The van der Waals surface area contributed by atoms with E-state index in [0.29, 0.717) is 6.54 Å². The number of rotatable bonds is 3. The third-order valence-electron chi connectivity index (χ3n) is 3.68. The van der Waals surface area contributed by atoms with E-state index in [9.17, 15) is 4.79 Å². The molecule has 0 saturated carbocycles. The number of benzene rings is 1. The van der Waals surface area contributed by atoms with Gasteiger partial charge in [0, 0.05) is 50.2 Å². The zero-order valence-corrected chi connectivity index (χ0v) is 11.8. The molecule has 3 rings (SSSR count). The Kier molecular flexibility index (Phi) is 3.18. The second-order valence-corrected chi connectivity index (χ2v) is 5.22. The van der Waals surface area contributed by atoms with E-state index in [1.807, 2.05) is 31.4 Å². The summed E-state index contributed by atoms with van der Waals surface area (Å²) < 4.78 is 1.73. The number of anilines is 1. The molecular formula is C15H18N4O. The first-order valence-corrected chi connectivity index (χ1v) is 6.73. The van der Waals surface area contributed by atoms with E-state index in [0.717, 1.165) is 24.1 Å². The number of nitrogens with one attached hydrogen (secondary N) is 1. The van der Waals surface area contributed by atoms with E-state index in [2.05, 4.69) is 22.4 Å². The van der Waals surface area contributed by atoms with Crippen LogP contribution in [0.2, 0.25) is 0 Å². The molecule has 0 saturated heterocycles. The second-order valence-electron chi connectivity index (χ2n) is 5.22. The van der Waals surface area contributed by atoms with Crippen molar-refractivity contribution in [1.82, 2.24) is 15.1 Å². The molecule has 5 nitrogen and oxygen atoms in total. The smallest absolute Gasteiger partial charge is 0.251 e. The van der Waals surface area contributed by atoms with Crippen molar-refractivity contribution in [3.63, 3.8) is 0 Å². The fourth-order valence-electron chi connectivity index (χ4n) is 2.56. The van der Waals surface area contributed by atoms with Gasteiger partial charge in [0.1, 0.15) is 0 Å². The van der Waals surface area contributed by atoms with Crippen molar-refractivity contribution < 1.29 is 4.79 Å². The van der Waals surface area contributed by atoms with Gasteiger partial charge < -0.3 is 10.2 Å². The van der Waals surface area contributed by atoms with E-state index in [4.69, 9.17) is 0 Å². The highest BCUT2D eigenvalue weighted by Gasteiger charge is 2.17. The zero-order chi connectivity index (χ0) is 14.1. The van der Waals surface area contributed by atoms with Gasteiger partial charge in [-0.15, -0.1) is 0 Å². The Labute approximate surface area is 118 Å². The van der Waals surface area contributed by atoms with E-state index in [-0.39, 0.29) is 5.91 Å². The second kappa shape index (κ2) is 5.00. The van der Waals surface area contributed by atoms with E-state index >= 15 is 0 Å². The van der Waals surface area contributed by atoms with Gasteiger partial charge in [0.25, 0.3) is 5.91 Å². The van der Waals surface area contributed by atoms with Crippen LogP contribution in [-0.2, 0) is 20.0 Å². The van der Waals surface area contributed by atoms with E-state index < -0.39 is 0 Å². The molecule has 2 aromatic rings. The minimum absolute atomic E-state index is 0.0359. The van der Waals surface area contributed by atoms with Crippen LogP contribution in [0.3, 0.4) is 0 Å². The first kappa shape index (κ1) is 12.7. The molecule has 1 aliphatic rings. The van der Waals surface area contributed by atoms with Crippen molar-refractivity contribution in [2.24, 2.45) is 7.05 Å². The Morgan fingerprint density at radius 3 is 3.00 bits per heavy atom. The number of aromatic nitrogens is 2. The van der Waals surface area contributed by atoms with Gasteiger partial charge in [0.2, 0.25) is 0 Å². The van der Waals surface area contributed by atoms with Gasteiger partial charge in [-0.3, -0.25) is 9.48 Å². The predicted octanol–water partition coefficient (Wildman–Crippen LogP) is 1.34. The van der Waals surface area contributed by atoms with Crippen molar-refractivity contribution in [3.8, 4) is 0 Å². The minimum Gasteiger partial charge on any atom is -0.374 e. The highest BCUT2D eigenvalue weighted by molar-refractivity contribution is 5.95. The van der Waals surface area contributed by atoms with Gasteiger partial charge >= 0.3 is 0 Å². The molecule has 0 bridgehead atoms.